The van der Waals surface area contributed by atoms with Gasteiger partial charge >= 0.3 is 5.97 Å². The molecule has 0 aromatic carbocycles. The normalized spacial score (nSPS) is 9.79. The summed E-state index contributed by atoms with van der Waals surface area (Å²) in [5.41, 5.74) is -0.394. The minimum absolute atomic E-state index is 0.0630. The molecule has 1 N–H and O–H groups in total. The maximum absolute atomic E-state index is 11.4. The SMILES string of the molecule is C=C(Cn1cncc(Br)c1=O)C(=O)O. The van der Waals surface area contributed by atoms with Gasteiger partial charge in [-0.15, -0.1) is 0 Å². The Morgan fingerprint density at radius 2 is 2.36 bits per heavy atom. The average molecular weight is 259 g/mol. The molecule has 0 radical (unpaired) electrons. The number of aromatic nitrogens is 2. The van der Waals surface area contributed by atoms with E-state index in [1.54, 1.807) is 0 Å². The quantitative estimate of drug-likeness (QED) is 0.809. The lowest BCUT2D eigenvalue weighted by Gasteiger charge is -2.03. The molecule has 0 unspecified atom stereocenters. The number of carboxylic acid groups (broad SMARTS) is 1. The highest BCUT2D eigenvalue weighted by Crippen LogP contribution is 2.00. The van der Waals surface area contributed by atoms with Crippen LogP contribution in [0.3, 0.4) is 0 Å². The van der Waals surface area contributed by atoms with E-state index < -0.39 is 5.97 Å². The Hall–Kier alpha value is -1.43. The summed E-state index contributed by atoms with van der Waals surface area (Å²) in [5.74, 6) is -1.13. The number of hydrogen-bond acceptors (Lipinski definition) is 3. The molecule has 0 saturated heterocycles. The third kappa shape index (κ3) is 2.29. The smallest absolute Gasteiger partial charge is 0.332 e. The summed E-state index contributed by atoms with van der Waals surface area (Å²) in [6.45, 7) is 3.25. The molecule has 0 amide bonds. The molecule has 0 atom stereocenters. The van der Waals surface area contributed by atoms with E-state index in [0.29, 0.717) is 0 Å². The third-order valence-corrected chi connectivity index (χ3v) is 2.07. The summed E-state index contributed by atoms with van der Waals surface area (Å²) in [6, 6.07) is 0. The minimum Gasteiger partial charge on any atom is -0.478 e. The van der Waals surface area contributed by atoms with E-state index in [4.69, 9.17) is 5.11 Å². The molecule has 1 rings (SSSR count). The van der Waals surface area contributed by atoms with Gasteiger partial charge in [-0.2, -0.15) is 0 Å². The second kappa shape index (κ2) is 4.19. The summed E-state index contributed by atoms with van der Waals surface area (Å²) >= 11 is 3.00. The van der Waals surface area contributed by atoms with Gasteiger partial charge in [0.05, 0.1) is 12.9 Å². The molecule has 0 spiro atoms. The van der Waals surface area contributed by atoms with Gasteiger partial charge in [0.15, 0.2) is 0 Å². The lowest BCUT2D eigenvalue weighted by Crippen LogP contribution is -2.23. The van der Waals surface area contributed by atoms with Gasteiger partial charge in [0.25, 0.3) is 5.56 Å². The number of hydrogen-bond donors (Lipinski definition) is 1. The predicted molar refractivity (Wildman–Crippen MR) is 53.0 cm³/mol. The maximum atomic E-state index is 11.4. The maximum Gasteiger partial charge on any atom is 0.332 e. The molecule has 0 aliphatic carbocycles. The van der Waals surface area contributed by atoms with Crippen LogP contribution in [0.1, 0.15) is 0 Å². The van der Waals surface area contributed by atoms with Crippen LogP contribution in [0.25, 0.3) is 0 Å². The third-order valence-electron chi connectivity index (χ3n) is 1.52. The van der Waals surface area contributed by atoms with E-state index in [-0.39, 0.29) is 22.1 Å². The van der Waals surface area contributed by atoms with Crippen LogP contribution in [-0.4, -0.2) is 20.6 Å². The summed E-state index contributed by atoms with van der Waals surface area (Å²) < 4.78 is 1.46. The van der Waals surface area contributed by atoms with Crippen molar-refractivity contribution in [2.45, 2.75) is 6.54 Å². The zero-order valence-corrected chi connectivity index (χ0v) is 8.69. The Morgan fingerprint density at radius 1 is 1.71 bits per heavy atom. The van der Waals surface area contributed by atoms with Crippen LogP contribution in [0.2, 0.25) is 0 Å². The fourth-order valence-corrected chi connectivity index (χ4v) is 1.16. The Bertz CT molecular complexity index is 438. The highest BCUT2D eigenvalue weighted by atomic mass is 79.9. The average Bonchev–Trinajstić information content (AvgIpc) is 2.12. The molecule has 1 aromatic heterocycles. The highest BCUT2D eigenvalue weighted by molar-refractivity contribution is 9.10. The molecule has 1 heterocycles. The van der Waals surface area contributed by atoms with E-state index in [2.05, 4.69) is 27.5 Å². The first-order valence-corrected chi connectivity index (χ1v) is 4.42. The van der Waals surface area contributed by atoms with Gasteiger partial charge in [-0.1, -0.05) is 6.58 Å². The van der Waals surface area contributed by atoms with Crippen molar-refractivity contribution in [3.8, 4) is 0 Å². The Morgan fingerprint density at radius 3 is 2.93 bits per heavy atom. The fourth-order valence-electron chi connectivity index (χ4n) is 0.810. The zero-order chi connectivity index (χ0) is 10.7. The molecule has 0 saturated carbocycles. The van der Waals surface area contributed by atoms with E-state index in [1.807, 2.05) is 0 Å². The lowest BCUT2D eigenvalue weighted by atomic mass is 10.3. The standard InChI is InChI=1S/C8H7BrN2O3/c1-5(8(13)14)3-11-4-10-2-6(9)7(11)12/h2,4H,1,3H2,(H,13,14). The minimum atomic E-state index is -1.13. The molecule has 0 aliphatic rings. The molecular weight excluding hydrogens is 252 g/mol. The number of rotatable bonds is 3. The number of nitrogens with zero attached hydrogens (tertiary/aromatic N) is 2. The van der Waals surface area contributed by atoms with E-state index in [1.165, 1.54) is 17.1 Å². The summed E-state index contributed by atoms with van der Waals surface area (Å²) in [5, 5.41) is 8.56. The van der Waals surface area contributed by atoms with Crippen molar-refractivity contribution < 1.29 is 9.90 Å². The van der Waals surface area contributed by atoms with Crippen LogP contribution in [0.4, 0.5) is 0 Å². The van der Waals surface area contributed by atoms with Crippen molar-refractivity contribution in [1.82, 2.24) is 9.55 Å². The highest BCUT2D eigenvalue weighted by Gasteiger charge is 2.07. The number of aliphatic carboxylic acids is 1. The lowest BCUT2D eigenvalue weighted by molar-refractivity contribution is -0.132. The van der Waals surface area contributed by atoms with Crippen LogP contribution in [0.5, 0.6) is 0 Å². The van der Waals surface area contributed by atoms with E-state index >= 15 is 0 Å². The van der Waals surface area contributed by atoms with Crippen molar-refractivity contribution in [2.75, 3.05) is 0 Å². The molecule has 6 heteroatoms. The molecule has 1 aromatic rings. The second-order valence-electron chi connectivity index (χ2n) is 2.58. The molecule has 0 aliphatic heterocycles. The fraction of sp³-hybridized carbons (Fsp3) is 0.125. The topological polar surface area (TPSA) is 72.2 Å². The van der Waals surface area contributed by atoms with Crippen molar-refractivity contribution >= 4 is 21.9 Å². The van der Waals surface area contributed by atoms with Crippen molar-refractivity contribution in [3.05, 3.63) is 39.5 Å². The van der Waals surface area contributed by atoms with Gasteiger partial charge in [-0.05, 0) is 15.9 Å². The van der Waals surface area contributed by atoms with E-state index in [9.17, 15) is 9.59 Å². The van der Waals surface area contributed by atoms with Crippen LogP contribution < -0.4 is 5.56 Å². The van der Waals surface area contributed by atoms with Crippen molar-refractivity contribution in [3.63, 3.8) is 0 Å². The molecule has 5 nitrogen and oxygen atoms in total. The Kier molecular flexibility index (Phi) is 3.19. The first-order chi connectivity index (χ1) is 6.52. The predicted octanol–water partition coefficient (Wildman–Crippen LogP) is 0.647. The van der Waals surface area contributed by atoms with Crippen LogP contribution in [-0.2, 0) is 11.3 Å². The van der Waals surface area contributed by atoms with Crippen molar-refractivity contribution in [2.24, 2.45) is 0 Å². The van der Waals surface area contributed by atoms with Gasteiger partial charge in [-0.3, -0.25) is 9.36 Å². The second-order valence-corrected chi connectivity index (χ2v) is 3.44. The zero-order valence-electron chi connectivity index (χ0n) is 7.11. The molecule has 74 valence electrons. The van der Waals surface area contributed by atoms with Gasteiger partial charge in [-0.25, -0.2) is 9.78 Å². The van der Waals surface area contributed by atoms with Gasteiger partial charge in [0.2, 0.25) is 0 Å². The summed E-state index contributed by atoms with van der Waals surface area (Å²) in [7, 11) is 0. The first kappa shape index (κ1) is 10.6. The Labute approximate surface area is 87.8 Å². The van der Waals surface area contributed by atoms with Crippen LogP contribution >= 0.6 is 15.9 Å². The van der Waals surface area contributed by atoms with Crippen molar-refractivity contribution in [1.29, 1.82) is 0 Å². The number of carboxylic acids is 1. The molecular formula is C8H7BrN2O3. The summed E-state index contributed by atoms with van der Waals surface area (Å²) in [4.78, 5) is 25.6. The monoisotopic (exact) mass is 258 g/mol. The van der Waals surface area contributed by atoms with Crippen LogP contribution in [0.15, 0.2) is 33.9 Å². The first-order valence-electron chi connectivity index (χ1n) is 3.63. The van der Waals surface area contributed by atoms with E-state index in [0.717, 1.165) is 0 Å². The van der Waals surface area contributed by atoms with Gasteiger partial charge in [0, 0.05) is 11.8 Å². The molecule has 0 fully saturated rings. The summed E-state index contributed by atoms with van der Waals surface area (Å²) in [6.07, 6.45) is 2.61. The van der Waals surface area contributed by atoms with Gasteiger partial charge < -0.3 is 5.11 Å². The molecule has 0 bridgehead atoms. The number of halogens is 1. The number of carbonyl (C=O) groups is 1. The molecule has 14 heavy (non-hydrogen) atoms. The Balaban J connectivity index is 2.99. The van der Waals surface area contributed by atoms with Gasteiger partial charge in [0.1, 0.15) is 4.47 Å². The van der Waals surface area contributed by atoms with Crippen LogP contribution in [0, 0.1) is 0 Å². The largest absolute Gasteiger partial charge is 0.478 e.